The van der Waals surface area contributed by atoms with Crippen molar-refractivity contribution in [3.05, 3.63) is 94.5 Å². The average Bonchev–Trinajstić information content (AvgIpc) is 2.74. The van der Waals surface area contributed by atoms with Crippen LogP contribution in [0.15, 0.2) is 72.8 Å². The van der Waals surface area contributed by atoms with Crippen molar-refractivity contribution in [1.82, 2.24) is 0 Å². The van der Waals surface area contributed by atoms with Gasteiger partial charge in [-0.2, -0.15) is 0 Å². The number of carbonyl (C=O) groups is 3. The summed E-state index contributed by atoms with van der Waals surface area (Å²) in [6, 6.07) is 20.2. The summed E-state index contributed by atoms with van der Waals surface area (Å²) in [4.78, 5) is 37.1. The number of aryl methyl sites for hydroxylation is 1. The van der Waals surface area contributed by atoms with E-state index in [4.69, 9.17) is 16.3 Å². The van der Waals surface area contributed by atoms with Crippen LogP contribution in [-0.2, 0) is 14.3 Å². The summed E-state index contributed by atoms with van der Waals surface area (Å²) in [5, 5.41) is 5.87. The zero-order valence-electron chi connectivity index (χ0n) is 17.0. The normalized spacial score (nSPS) is 11.3. The van der Waals surface area contributed by atoms with Gasteiger partial charge in [0.25, 0.3) is 5.91 Å². The number of ether oxygens (including phenoxy) is 1. The molecule has 0 aliphatic heterocycles. The molecule has 0 fully saturated rings. The van der Waals surface area contributed by atoms with Crippen molar-refractivity contribution >= 4 is 40.8 Å². The Morgan fingerprint density at radius 2 is 1.58 bits per heavy atom. The van der Waals surface area contributed by atoms with Crippen LogP contribution in [0.25, 0.3) is 0 Å². The van der Waals surface area contributed by atoms with E-state index in [1.165, 1.54) is 13.0 Å². The van der Waals surface area contributed by atoms with Crippen molar-refractivity contribution in [2.24, 2.45) is 0 Å². The van der Waals surface area contributed by atoms with E-state index in [1.54, 1.807) is 66.7 Å². The Labute approximate surface area is 185 Å². The number of carbonyl (C=O) groups excluding carboxylic acids is 3. The van der Waals surface area contributed by atoms with Crippen LogP contribution in [0.5, 0.6) is 0 Å². The van der Waals surface area contributed by atoms with Gasteiger partial charge < -0.3 is 15.4 Å². The number of esters is 1. The smallest absolute Gasteiger partial charge is 0.339 e. The molecule has 6 nitrogen and oxygen atoms in total. The fraction of sp³-hybridized carbons (Fsp3) is 0.125. The van der Waals surface area contributed by atoms with E-state index in [0.29, 0.717) is 22.0 Å². The topological polar surface area (TPSA) is 84.5 Å². The molecule has 0 saturated heterocycles. The maximum Gasteiger partial charge on any atom is 0.339 e. The number of anilines is 2. The fourth-order valence-electron chi connectivity index (χ4n) is 2.88. The molecule has 0 aromatic heterocycles. The molecule has 0 spiro atoms. The lowest BCUT2D eigenvalue weighted by Crippen LogP contribution is -2.26. The number of nitrogens with one attached hydrogen (secondary N) is 2. The second-order valence-corrected chi connectivity index (χ2v) is 7.32. The predicted molar refractivity (Wildman–Crippen MR) is 120 cm³/mol. The highest BCUT2D eigenvalue weighted by atomic mass is 35.5. The average molecular weight is 437 g/mol. The van der Waals surface area contributed by atoms with Crippen LogP contribution in [0.4, 0.5) is 11.4 Å². The molecular formula is C24H21ClN2O4. The van der Waals surface area contributed by atoms with Gasteiger partial charge in [0.2, 0.25) is 12.0 Å². The second-order valence-electron chi connectivity index (χ2n) is 6.91. The first-order chi connectivity index (χ1) is 14.8. The van der Waals surface area contributed by atoms with Crippen LogP contribution in [0.1, 0.15) is 34.5 Å². The molecule has 0 radical (unpaired) electrons. The van der Waals surface area contributed by atoms with Crippen molar-refractivity contribution in [1.29, 1.82) is 0 Å². The Kier molecular flexibility index (Phi) is 7.05. The molecule has 1 unspecified atom stereocenters. The number of hydrogen-bond donors (Lipinski definition) is 2. The summed E-state index contributed by atoms with van der Waals surface area (Å²) < 4.78 is 5.57. The standard InChI is InChI=1S/C24H21ClN2O4/c1-15-11-12-20(14-21(15)25)27-23(29)22(17-7-4-3-5-8-17)31-24(30)18-9-6-10-19(13-18)26-16(2)28/h3-14,22H,1-2H3,(H,26,28)(H,27,29). The van der Waals surface area contributed by atoms with E-state index in [2.05, 4.69) is 10.6 Å². The van der Waals surface area contributed by atoms with Crippen LogP contribution in [0.2, 0.25) is 5.02 Å². The molecule has 0 aliphatic rings. The van der Waals surface area contributed by atoms with Crippen molar-refractivity contribution in [3.8, 4) is 0 Å². The van der Waals surface area contributed by atoms with Crippen molar-refractivity contribution in [2.45, 2.75) is 20.0 Å². The van der Waals surface area contributed by atoms with Crippen LogP contribution in [-0.4, -0.2) is 17.8 Å². The van der Waals surface area contributed by atoms with Gasteiger partial charge in [-0.3, -0.25) is 9.59 Å². The van der Waals surface area contributed by atoms with Gasteiger partial charge in [0.05, 0.1) is 5.56 Å². The van der Waals surface area contributed by atoms with Gasteiger partial charge >= 0.3 is 5.97 Å². The maximum absolute atomic E-state index is 13.0. The molecule has 0 bridgehead atoms. The molecule has 2 amide bonds. The third-order valence-corrected chi connectivity index (χ3v) is 4.83. The van der Waals surface area contributed by atoms with E-state index < -0.39 is 18.0 Å². The molecule has 0 aliphatic carbocycles. The van der Waals surface area contributed by atoms with Gasteiger partial charge in [0.1, 0.15) is 0 Å². The molecule has 3 rings (SSSR count). The minimum atomic E-state index is -1.18. The van der Waals surface area contributed by atoms with E-state index >= 15 is 0 Å². The second kappa shape index (κ2) is 9.91. The van der Waals surface area contributed by atoms with Gasteiger partial charge in [0, 0.05) is 28.9 Å². The highest BCUT2D eigenvalue weighted by Gasteiger charge is 2.26. The minimum Gasteiger partial charge on any atom is -0.444 e. The Bertz CT molecular complexity index is 1120. The van der Waals surface area contributed by atoms with Crippen molar-refractivity contribution in [3.63, 3.8) is 0 Å². The SMILES string of the molecule is CC(=O)Nc1cccc(C(=O)OC(C(=O)Nc2ccc(C)c(Cl)c2)c2ccccc2)c1. The predicted octanol–water partition coefficient (Wildman–Crippen LogP) is 5.14. The highest BCUT2D eigenvalue weighted by molar-refractivity contribution is 6.31. The molecule has 2 N–H and O–H groups in total. The lowest BCUT2D eigenvalue weighted by Gasteiger charge is -2.18. The Morgan fingerprint density at radius 3 is 2.26 bits per heavy atom. The molecule has 3 aromatic rings. The lowest BCUT2D eigenvalue weighted by atomic mass is 10.1. The molecule has 0 heterocycles. The summed E-state index contributed by atoms with van der Waals surface area (Å²) in [6.45, 7) is 3.23. The third kappa shape index (κ3) is 5.93. The van der Waals surface area contributed by atoms with Crippen molar-refractivity contribution < 1.29 is 19.1 Å². The van der Waals surface area contributed by atoms with Gasteiger partial charge in [-0.25, -0.2) is 4.79 Å². The molecule has 1 atom stereocenters. The zero-order chi connectivity index (χ0) is 22.4. The third-order valence-electron chi connectivity index (χ3n) is 4.42. The first-order valence-corrected chi connectivity index (χ1v) is 9.92. The van der Waals surface area contributed by atoms with Crippen LogP contribution in [0, 0.1) is 6.92 Å². The summed E-state index contributed by atoms with van der Waals surface area (Å²) in [5.74, 6) is -1.47. The first-order valence-electron chi connectivity index (χ1n) is 9.54. The van der Waals surface area contributed by atoms with E-state index in [0.717, 1.165) is 5.56 Å². The molecule has 31 heavy (non-hydrogen) atoms. The summed E-state index contributed by atoms with van der Waals surface area (Å²) in [7, 11) is 0. The number of halogens is 1. The van der Waals surface area contributed by atoms with Gasteiger partial charge in [0.15, 0.2) is 0 Å². The largest absolute Gasteiger partial charge is 0.444 e. The quantitative estimate of drug-likeness (QED) is 0.524. The van der Waals surface area contributed by atoms with Crippen LogP contribution >= 0.6 is 11.6 Å². The highest BCUT2D eigenvalue weighted by Crippen LogP contribution is 2.25. The summed E-state index contributed by atoms with van der Waals surface area (Å²) in [6.07, 6.45) is -1.18. The Hall–Kier alpha value is -3.64. The van der Waals surface area contributed by atoms with Crippen LogP contribution < -0.4 is 10.6 Å². The van der Waals surface area contributed by atoms with E-state index in [9.17, 15) is 14.4 Å². The first kappa shape index (κ1) is 22.1. The zero-order valence-corrected chi connectivity index (χ0v) is 17.8. The Balaban J connectivity index is 1.84. The van der Waals surface area contributed by atoms with Gasteiger partial charge in [-0.1, -0.05) is 54.1 Å². The number of hydrogen-bond acceptors (Lipinski definition) is 4. The lowest BCUT2D eigenvalue weighted by molar-refractivity contribution is -0.125. The van der Waals surface area contributed by atoms with Gasteiger partial charge in [-0.05, 0) is 42.8 Å². The van der Waals surface area contributed by atoms with Crippen LogP contribution in [0.3, 0.4) is 0 Å². The van der Waals surface area contributed by atoms with E-state index in [1.807, 2.05) is 6.92 Å². The van der Waals surface area contributed by atoms with Gasteiger partial charge in [-0.15, -0.1) is 0 Å². The van der Waals surface area contributed by atoms with E-state index in [-0.39, 0.29) is 11.5 Å². The Morgan fingerprint density at radius 1 is 0.871 bits per heavy atom. The fourth-order valence-corrected chi connectivity index (χ4v) is 3.06. The molecule has 7 heteroatoms. The molecule has 3 aromatic carbocycles. The number of amides is 2. The maximum atomic E-state index is 13.0. The molecular weight excluding hydrogens is 416 g/mol. The minimum absolute atomic E-state index is 0.207. The number of benzene rings is 3. The molecule has 0 saturated carbocycles. The summed E-state index contributed by atoms with van der Waals surface area (Å²) in [5.41, 5.74) is 2.55. The van der Waals surface area contributed by atoms with Crippen molar-refractivity contribution in [2.75, 3.05) is 10.6 Å². The summed E-state index contributed by atoms with van der Waals surface area (Å²) >= 11 is 6.14. The monoisotopic (exact) mass is 436 g/mol. The number of rotatable bonds is 6. The molecule has 158 valence electrons.